The second-order valence-corrected chi connectivity index (χ2v) is 3.43. The van der Waals surface area contributed by atoms with Crippen molar-refractivity contribution >= 4 is 0 Å². The molecule has 1 heterocycles. The first-order chi connectivity index (χ1) is 5.79. The quantitative estimate of drug-likeness (QED) is 0.643. The van der Waals surface area contributed by atoms with E-state index in [4.69, 9.17) is 0 Å². The third kappa shape index (κ3) is 3.58. The van der Waals surface area contributed by atoms with Crippen molar-refractivity contribution in [1.82, 2.24) is 10.3 Å². The molecule has 0 spiro atoms. The van der Waals surface area contributed by atoms with Gasteiger partial charge in [0.25, 0.3) is 0 Å². The van der Waals surface area contributed by atoms with Crippen molar-refractivity contribution in [2.75, 3.05) is 6.54 Å². The summed E-state index contributed by atoms with van der Waals surface area (Å²) in [5, 5.41) is 3.40. The summed E-state index contributed by atoms with van der Waals surface area (Å²) in [6.45, 7) is 5.47. The molecule has 1 aromatic rings. The number of hydrogen-bond acceptors (Lipinski definition) is 1. The summed E-state index contributed by atoms with van der Waals surface area (Å²) in [5.41, 5.74) is 1.40. The van der Waals surface area contributed by atoms with E-state index < -0.39 is 0 Å². The van der Waals surface area contributed by atoms with Gasteiger partial charge in [0.1, 0.15) is 0 Å². The zero-order valence-corrected chi connectivity index (χ0v) is 7.93. The fourth-order valence-electron chi connectivity index (χ4n) is 1.20. The molecule has 68 valence electrons. The summed E-state index contributed by atoms with van der Waals surface area (Å²) in [6.07, 6.45) is 6.43. The van der Waals surface area contributed by atoms with Crippen LogP contribution in [-0.2, 0) is 6.42 Å². The summed E-state index contributed by atoms with van der Waals surface area (Å²) in [7, 11) is 0. The monoisotopic (exact) mass is 166 g/mol. The first-order valence-electron chi connectivity index (χ1n) is 4.64. The van der Waals surface area contributed by atoms with Crippen molar-refractivity contribution in [3.05, 3.63) is 24.0 Å². The molecule has 0 saturated heterocycles. The maximum Gasteiger partial charge on any atom is 0.00373 e. The highest BCUT2D eigenvalue weighted by Gasteiger charge is 1.94. The van der Waals surface area contributed by atoms with E-state index in [0.29, 0.717) is 6.04 Å². The SMILES string of the molecule is CC(C)NCCCc1cc[nH]c1. The van der Waals surface area contributed by atoms with Crippen LogP contribution in [0.2, 0.25) is 0 Å². The van der Waals surface area contributed by atoms with E-state index in [0.717, 1.165) is 6.54 Å². The molecule has 0 bridgehead atoms. The third-order valence-electron chi connectivity index (χ3n) is 1.86. The van der Waals surface area contributed by atoms with Crippen molar-refractivity contribution in [3.63, 3.8) is 0 Å². The first-order valence-corrected chi connectivity index (χ1v) is 4.64. The zero-order valence-electron chi connectivity index (χ0n) is 7.93. The molecule has 12 heavy (non-hydrogen) atoms. The smallest absolute Gasteiger partial charge is 0.00373 e. The Morgan fingerprint density at radius 1 is 1.50 bits per heavy atom. The lowest BCUT2D eigenvalue weighted by molar-refractivity contribution is 0.570. The van der Waals surface area contributed by atoms with Crippen LogP contribution >= 0.6 is 0 Å². The molecule has 0 fully saturated rings. The lowest BCUT2D eigenvalue weighted by atomic mass is 10.2. The first kappa shape index (κ1) is 9.33. The van der Waals surface area contributed by atoms with Crippen LogP contribution in [-0.4, -0.2) is 17.6 Å². The second-order valence-electron chi connectivity index (χ2n) is 3.43. The average Bonchev–Trinajstić information content (AvgIpc) is 2.49. The zero-order chi connectivity index (χ0) is 8.81. The van der Waals surface area contributed by atoms with Gasteiger partial charge in [0.15, 0.2) is 0 Å². The largest absolute Gasteiger partial charge is 0.367 e. The molecule has 1 aromatic heterocycles. The van der Waals surface area contributed by atoms with E-state index in [-0.39, 0.29) is 0 Å². The van der Waals surface area contributed by atoms with Crippen LogP contribution in [0.5, 0.6) is 0 Å². The Morgan fingerprint density at radius 2 is 2.33 bits per heavy atom. The Labute approximate surface area is 74.4 Å². The maximum absolute atomic E-state index is 3.40. The van der Waals surface area contributed by atoms with Crippen LogP contribution in [0.3, 0.4) is 0 Å². The van der Waals surface area contributed by atoms with E-state index in [2.05, 4.69) is 36.4 Å². The number of rotatable bonds is 5. The van der Waals surface area contributed by atoms with Gasteiger partial charge in [-0.1, -0.05) is 13.8 Å². The molecule has 2 nitrogen and oxygen atoms in total. The number of H-pyrrole nitrogens is 1. The van der Waals surface area contributed by atoms with Crippen molar-refractivity contribution in [2.45, 2.75) is 32.7 Å². The Hall–Kier alpha value is -0.760. The third-order valence-corrected chi connectivity index (χ3v) is 1.86. The molecule has 2 heteroatoms. The Kier molecular flexibility index (Phi) is 3.88. The van der Waals surface area contributed by atoms with E-state index in [9.17, 15) is 0 Å². The minimum atomic E-state index is 0.608. The Bertz CT molecular complexity index is 190. The van der Waals surface area contributed by atoms with Gasteiger partial charge in [-0.3, -0.25) is 0 Å². The topological polar surface area (TPSA) is 27.8 Å². The Morgan fingerprint density at radius 3 is 2.92 bits per heavy atom. The number of aromatic amines is 1. The van der Waals surface area contributed by atoms with Crippen LogP contribution in [0.25, 0.3) is 0 Å². The predicted octanol–water partition coefficient (Wildman–Crippen LogP) is 1.95. The summed E-state index contributed by atoms with van der Waals surface area (Å²) in [5.74, 6) is 0. The van der Waals surface area contributed by atoms with Gasteiger partial charge >= 0.3 is 0 Å². The van der Waals surface area contributed by atoms with E-state index >= 15 is 0 Å². The van der Waals surface area contributed by atoms with Gasteiger partial charge in [-0.2, -0.15) is 0 Å². The van der Waals surface area contributed by atoms with Gasteiger partial charge in [-0.15, -0.1) is 0 Å². The molecule has 0 aliphatic carbocycles. The molecular formula is C10H18N2. The van der Waals surface area contributed by atoms with Crippen molar-refractivity contribution in [1.29, 1.82) is 0 Å². The van der Waals surface area contributed by atoms with Crippen molar-refractivity contribution in [2.24, 2.45) is 0 Å². The minimum absolute atomic E-state index is 0.608. The highest BCUT2D eigenvalue weighted by atomic mass is 14.9. The lowest BCUT2D eigenvalue weighted by Crippen LogP contribution is -2.23. The van der Waals surface area contributed by atoms with Crippen molar-refractivity contribution < 1.29 is 0 Å². The molecule has 0 unspecified atom stereocenters. The van der Waals surface area contributed by atoms with Crippen molar-refractivity contribution in [3.8, 4) is 0 Å². The van der Waals surface area contributed by atoms with E-state index in [1.165, 1.54) is 18.4 Å². The molecule has 0 radical (unpaired) electrons. The molecule has 0 atom stereocenters. The number of hydrogen-bond donors (Lipinski definition) is 2. The van der Waals surface area contributed by atoms with E-state index in [1.54, 1.807) is 0 Å². The van der Waals surface area contributed by atoms with E-state index in [1.807, 2.05) is 6.20 Å². The maximum atomic E-state index is 3.40. The van der Waals surface area contributed by atoms with Gasteiger partial charge in [-0.05, 0) is 31.0 Å². The number of aryl methyl sites for hydroxylation is 1. The standard InChI is InChI=1S/C10H18N2/c1-9(2)12-6-3-4-10-5-7-11-8-10/h5,7-9,11-12H,3-4,6H2,1-2H3. The van der Waals surface area contributed by atoms with Crippen LogP contribution in [0.4, 0.5) is 0 Å². The van der Waals surface area contributed by atoms with Gasteiger partial charge in [0.05, 0.1) is 0 Å². The molecular weight excluding hydrogens is 148 g/mol. The van der Waals surface area contributed by atoms with Crippen LogP contribution in [0.15, 0.2) is 18.5 Å². The molecule has 0 saturated carbocycles. The molecule has 1 rings (SSSR count). The summed E-state index contributed by atoms with van der Waals surface area (Å²) in [4.78, 5) is 3.06. The fraction of sp³-hybridized carbons (Fsp3) is 0.600. The summed E-state index contributed by atoms with van der Waals surface area (Å²) in [6, 6.07) is 2.74. The highest BCUT2D eigenvalue weighted by molar-refractivity contribution is 5.07. The molecule has 2 N–H and O–H groups in total. The van der Waals surface area contributed by atoms with Gasteiger partial charge in [0.2, 0.25) is 0 Å². The number of nitrogens with one attached hydrogen (secondary N) is 2. The average molecular weight is 166 g/mol. The fourth-order valence-corrected chi connectivity index (χ4v) is 1.20. The van der Waals surface area contributed by atoms with Crippen LogP contribution in [0.1, 0.15) is 25.8 Å². The molecule has 0 aromatic carbocycles. The van der Waals surface area contributed by atoms with Gasteiger partial charge in [0, 0.05) is 18.4 Å². The molecule has 0 aliphatic rings. The minimum Gasteiger partial charge on any atom is -0.367 e. The molecule has 0 aliphatic heterocycles. The number of aromatic nitrogens is 1. The Balaban J connectivity index is 2.04. The van der Waals surface area contributed by atoms with Gasteiger partial charge < -0.3 is 10.3 Å². The normalized spacial score (nSPS) is 10.9. The van der Waals surface area contributed by atoms with Gasteiger partial charge in [-0.25, -0.2) is 0 Å². The summed E-state index contributed by atoms with van der Waals surface area (Å²) >= 11 is 0. The predicted molar refractivity (Wildman–Crippen MR) is 52.3 cm³/mol. The summed E-state index contributed by atoms with van der Waals surface area (Å²) < 4.78 is 0. The molecule has 0 amide bonds. The van der Waals surface area contributed by atoms with Crippen LogP contribution < -0.4 is 5.32 Å². The van der Waals surface area contributed by atoms with Crippen LogP contribution in [0, 0.1) is 0 Å². The highest BCUT2D eigenvalue weighted by Crippen LogP contribution is 1.99. The lowest BCUT2D eigenvalue weighted by Gasteiger charge is -2.06. The second kappa shape index (κ2) is 4.99.